The highest BCUT2D eigenvalue weighted by Gasteiger charge is 2.24. The van der Waals surface area contributed by atoms with Gasteiger partial charge in [0.05, 0.1) is 22.6 Å². The Morgan fingerprint density at radius 3 is 2.43 bits per heavy atom. The second-order valence-corrected chi connectivity index (χ2v) is 7.86. The molecule has 0 saturated carbocycles. The predicted octanol–water partition coefficient (Wildman–Crippen LogP) is 4.40. The Kier molecular flexibility index (Phi) is 6.62. The van der Waals surface area contributed by atoms with Crippen LogP contribution in [0.2, 0.25) is 0 Å². The summed E-state index contributed by atoms with van der Waals surface area (Å²) in [4.78, 5) is 25.5. The molecule has 0 amide bonds. The first kappa shape index (κ1) is 25.3. The van der Waals surface area contributed by atoms with Crippen molar-refractivity contribution in [1.29, 1.82) is 5.26 Å². The predicted molar refractivity (Wildman–Crippen MR) is 125 cm³/mol. The lowest BCUT2D eigenvalue weighted by atomic mass is 10.1. The van der Waals surface area contributed by atoms with E-state index >= 15 is 0 Å². The molecule has 0 radical (unpaired) electrons. The van der Waals surface area contributed by atoms with E-state index in [4.69, 9.17) is 11.5 Å². The Morgan fingerprint density at radius 2 is 1.78 bits per heavy atom. The van der Waals surface area contributed by atoms with E-state index in [2.05, 4.69) is 20.3 Å². The van der Waals surface area contributed by atoms with Crippen LogP contribution < -0.4 is 22.3 Å². The number of alkyl halides is 4. The van der Waals surface area contributed by atoms with Gasteiger partial charge in [0, 0.05) is 11.1 Å². The molecule has 4 aromatic rings. The van der Waals surface area contributed by atoms with Gasteiger partial charge in [-0.3, -0.25) is 9.36 Å². The van der Waals surface area contributed by atoms with E-state index in [0.717, 1.165) is 22.8 Å². The molecule has 0 aliphatic rings. The van der Waals surface area contributed by atoms with E-state index in [1.807, 2.05) is 6.07 Å². The smallest absolute Gasteiger partial charge is 0.266 e. The Bertz CT molecular complexity index is 1620. The third-order valence-corrected chi connectivity index (χ3v) is 5.41. The van der Waals surface area contributed by atoms with Gasteiger partial charge in [-0.2, -0.15) is 15.2 Å². The first-order valence-electron chi connectivity index (χ1n) is 10.5. The monoisotopic (exact) mass is 516 g/mol. The van der Waals surface area contributed by atoms with E-state index in [9.17, 15) is 32.0 Å². The molecule has 1 unspecified atom stereocenters. The minimum Gasteiger partial charge on any atom is -0.382 e. The Hall–Kier alpha value is -4.80. The third kappa shape index (κ3) is 4.70. The van der Waals surface area contributed by atoms with E-state index in [1.54, 1.807) is 0 Å². The number of rotatable bonds is 6. The molecule has 2 heterocycles. The van der Waals surface area contributed by atoms with Gasteiger partial charge in [0.15, 0.2) is 5.82 Å². The number of hydrogen-bond acceptors (Lipinski definition) is 8. The van der Waals surface area contributed by atoms with Crippen molar-refractivity contribution in [2.24, 2.45) is 0 Å². The number of hydrogen-bond donors (Lipinski definition) is 3. The highest BCUT2D eigenvalue weighted by Crippen LogP contribution is 2.30. The lowest BCUT2D eigenvalue weighted by Gasteiger charge is -2.21. The van der Waals surface area contributed by atoms with Crippen LogP contribution in [0.3, 0.4) is 0 Å². The molecule has 0 aliphatic carbocycles. The van der Waals surface area contributed by atoms with E-state index < -0.39 is 46.8 Å². The van der Waals surface area contributed by atoms with Crippen LogP contribution >= 0.6 is 0 Å². The number of halogens is 5. The first-order chi connectivity index (χ1) is 17.5. The van der Waals surface area contributed by atoms with Crippen LogP contribution in [-0.2, 0) is 0 Å². The zero-order valence-electron chi connectivity index (χ0n) is 18.9. The topological polar surface area (TPSA) is 149 Å². The summed E-state index contributed by atoms with van der Waals surface area (Å²) in [5.74, 6) is -1.91. The number of aromatic nitrogens is 4. The quantitative estimate of drug-likeness (QED) is 0.319. The minimum atomic E-state index is -3.08. The molecule has 2 aromatic heterocycles. The second kappa shape index (κ2) is 9.69. The molecule has 0 fully saturated rings. The molecular formula is C23H17F5N8O. The molecule has 37 heavy (non-hydrogen) atoms. The number of nitrogens with two attached hydrogens (primary N) is 2. The van der Waals surface area contributed by atoms with Crippen LogP contribution in [0.4, 0.5) is 39.5 Å². The van der Waals surface area contributed by atoms with Crippen molar-refractivity contribution in [3.05, 3.63) is 75.1 Å². The van der Waals surface area contributed by atoms with Crippen LogP contribution in [0.25, 0.3) is 16.6 Å². The molecule has 190 valence electrons. The number of nitrogen functional groups attached to an aromatic ring is 2. The van der Waals surface area contributed by atoms with E-state index in [-0.39, 0.29) is 40.2 Å². The summed E-state index contributed by atoms with van der Waals surface area (Å²) in [6, 6.07) is 6.64. The summed E-state index contributed by atoms with van der Waals surface area (Å²) < 4.78 is 69.4. The van der Waals surface area contributed by atoms with E-state index in [0.29, 0.717) is 6.07 Å². The summed E-state index contributed by atoms with van der Waals surface area (Å²) in [6.07, 6.45) is -6.14. The van der Waals surface area contributed by atoms with Gasteiger partial charge in [-0.1, -0.05) is 12.1 Å². The molecule has 2 aromatic carbocycles. The zero-order chi connectivity index (χ0) is 27.0. The molecule has 5 N–H and O–H groups in total. The Balaban J connectivity index is 2.02. The van der Waals surface area contributed by atoms with E-state index in [1.165, 1.54) is 19.1 Å². The fourth-order valence-electron chi connectivity index (χ4n) is 3.83. The van der Waals surface area contributed by atoms with Crippen LogP contribution in [0.15, 0.2) is 41.2 Å². The highest BCUT2D eigenvalue weighted by molar-refractivity contribution is 5.82. The lowest BCUT2D eigenvalue weighted by Crippen LogP contribution is -2.28. The van der Waals surface area contributed by atoms with Crippen molar-refractivity contribution in [2.75, 3.05) is 16.8 Å². The molecule has 9 nitrogen and oxygen atoms in total. The zero-order valence-corrected chi connectivity index (χ0v) is 18.9. The molecule has 0 spiro atoms. The van der Waals surface area contributed by atoms with Gasteiger partial charge in [-0.25, -0.2) is 26.9 Å². The van der Waals surface area contributed by atoms with Gasteiger partial charge >= 0.3 is 0 Å². The van der Waals surface area contributed by atoms with Crippen molar-refractivity contribution in [2.45, 2.75) is 25.8 Å². The fraction of sp³-hybridized carbons (Fsp3) is 0.174. The van der Waals surface area contributed by atoms with Crippen LogP contribution in [0.1, 0.15) is 48.3 Å². The van der Waals surface area contributed by atoms with Crippen molar-refractivity contribution in [3.8, 4) is 11.8 Å². The summed E-state index contributed by atoms with van der Waals surface area (Å²) in [6.45, 7) is 1.46. The number of fused-ring (bicyclic) bond motifs is 1. The summed E-state index contributed by atoms with van der Waals surface area (Å²) in [5.41, 5.74) is 8.26. The standard InChI is InChI=1S/C23H17F5N8O/c1-9(32-20-14(8-29)19(30)34-23(31)35-20)21-33-15-4-2-3-13(18(27)28)16(15)22(37)36(21)12-6-10(17(25)26)5-11(24)7-12/h2-7,9,17-18H,1H3,(H5,30,31,32,34,35). The molecule has 0 bridgehead atoms. The van der Waals surface area contributed by atoms with Gasteiger partial charge in [0.1, 0.15) is 29.1 Å². The van der Waals surface area contributed by atoms with Crippen molar-refractivity contribution < 1.29 is 22.0 Å². The van der Waals surface area contributed by atoms with Gasteiger partial charge in [0.2, 0.25) is 5.95 Å². The molecule has 0 aliphatic heterocycles. The average Bonchev–Trinajstić information content (AvgIpc) is 2.82. The minimum absolute atomic E-state index is 0.115. The number of benzene rings is 2. The largest absolute Gasteiger partial charge is 0.382 e. The SMILES string of the molecule is CC(Nc1nc(N)nc(N)c1C#N)c1nc2cccc(C(F)F)c2c(=O)n1-c1cc(F)cc(C(F)F)c1. The van der Waals surface area contributed by atoms with Crippen molar-refractivity contribution in [3.63, 3.8) is 0 Å². The van der Waals surface area contributed by atoms with Crippen molar-refractivity contribution in [1.82, 2.24) is 19.5 Å². The molecular weight excluding hydrogens is 499 g/mol. The summed E-state index contributed by atoms with van der Waals surface area (Å²) >= 11 is 0. The number of nitriles is 1. The number of nitrogens with one attached hydrogen (secondary N) is 1. The third-order valence-electron chi connectivity index (χ3n) is 5.41. The summed E-state index contributed by atoms with van der Waals surface area (Å²) in [5, 5.41) is 11.8. The van der Waals surface area contributed by atoms with Gasteiger partial charge in [0.25, 0.3) is 18.4 Å². The molecule has 14 heteroatoms. The van der Waals surface area contributed by atoms with Crippen LogP contribution in [-0.4, -0.2) is 19.5 Å². The summed E-state index contributed by atoms with van der Waals surface area (Å²) in [7, 11) is 0. The van der Waals surface area contributed by atoms with Gasteiger partial charge in [-0.15, -0.1) is 0 Å². The maximum absolute atomic E-state index is 14.3. The highest BCUT2D eigenvalue weighted by atomic mass is 19.3. The average molecular weight is 516 g/mol. The maximum atomic E-state index is 14.3. The van der Waals surface area contributed by atoms with Gasteiger partial charge < -0.3 is 16.8 Å². The number of nitrogens with zero attached hydrogens (tertiary/aromatic N) is 5. The molecule has 4 rings (SSSR count). The van der Waals surface area contributed by atoms with Gasteiger partial charge in [-0.05, 0) is 31.2 Å². The Morgan fingerprint density at radius 1 is 1.05 bits per heavy atom. The Labute approximate surface area is 205 Å². The molecule has 1 atom stereocenters. The number of anilines is 3. The second-order valence-electron chi connectivity index (χ2n) is 7.86. The molecule has 0 saturated heterocycles. The lowest BCUT2D eigenvalue weighted by molar-refractivity contribution is 0.151. The van der Waals surface area contributed by atoms with Crippen molar-refractivity contribution >= 4 is 28.5 Å². The van der Waals surface area contributed by atoms with Crippen LogP contribution in [0.5, 0.6) is 0 Å². The fourth-order valence-corrected chi connectivity index (χ4v) is 3.83. The first-order valence-corrected chi connectivity index (χ1v) is 10.5. The van der Waals surface area contributed by atoms with Crippen LogP contribution in [0, 0.1) is 17.1 Å². The normalized spacial score (nSPS) is 12.2. The maximum Gasteiger partial charge on any atom is 0.266 e.